The van der Waals surface area contributed by atoms with Gasteiger partial charge in [0.25, 0.3) is 11.6 Å². The fourth-order valence-corrected chi connectivity index (χ4v) is 4.54. The number of benzene rings is 1. The van der Waals surface area contributed by atoms with E-state index in [2.05, 4.69) is 25.8 Å². The van der Waals surface area contributed by atoms with E-state index in [0.717, 1.165) is 17.1 Å². The van der Waals surface area contributed by atoms with Crippen LogP contribution < -0.4 is 10.6 Å². The highest BCUT2D eigenvalue weighted by Crippen LogP contribution is 2.27. The summed E-state index contributed by atoms with van der Waals surface area (Å²) in [7, 11) is 0. The molecule has 2 amide bonds. The molecule has 0 radical (unpaired) electrons. The molecule has 10 nitrogen and oxygen atoms in total. The number of nitro benzene ring substituents is 1. The third-order valence-electron chi connectivity index (χ3n) is 3.53. The minimum Gasteiger partial charge on any atom is -0.305 e. The first-order chi connectivity index (χ1) is 13.4. The van der Waals surface area contributed by atoms with Crippen LogP contribution in [0.5, 0.6) is 0 Å². The van der Waals surface area contributed by atoms with Crippen LogP contribution in [0.15, 0.2) is 27.5 Å². The molecule has 1 aliphatic heterocycles. The Balaban J connectivity index is 1.57. The van der Waals surface area contributed by atoms with Gasteiger partial charge in [0.05, 0.1) is 17.2 Å². The van der Waals surface area contributed by atoms with E-state index in [1.54, 1.807) is 0 Å². The Morgan fingerprint density at radius 2 is 2.14 bits per heavy atom. The molecule has 0 fully saturated rings. The summed E-state index contributed by atoms with van der Waals surface area (Å²) in [6, 6.07) is 4.29. The van der Waals surface area contributed by atoms with Gasteiger partial charge in [0, 0.05) is 22.9 Å². The number of rotatable bonds is 6. The van der Waals surface area contributed by atoms with Crippen molar-refractivity contribution >= 4 is 62.7 Å². The van der Waals surface area contributed by atoms with Crippen LogP contribution in [0.3, 0.4) is 0 Å². The van der Waals surface area contributed by atoms with Crippen LogP contribution in [0.4, 0.5) is 10.8 Å². The highest BCUT2D eigenvalue weighted by atomic mass is 32.2. The van der Waals surface area contributed by atoms with Crippen LogP contribution >= 0.6 is 34.9 Å². The Morgan fingerprint density at radius 3 is 2.86 bits per heavy atom. The SMILES string of the molecule is Cc1c(C(=O)Nc2nnc(SCC(=O)NC3=NCCS3)s2)cccc1[N+](=O)[O-]. The van der Waals surface area contributed by atoms with Crippen molar-refractivity contribution in [3.8, 4) is 0 Å². The molecule has 0 atom stereocenters. The Hall–Kier alpha value is -2.51. The van der Waals surface area contributed by atoms with E-state index < -0.39 is 10.8 Å². The topological polar surface area (TPSA) is 139 Å². The van der Waals surface area contributed by atoms with E-state index in [1.165, 1.54) is 48.6 Å². The maximum absolute atomic E-state index is 12.4. The number of anilines is 1. The molecule has 1 aromatic carbocycles. The number of nitrogens with zero attached hydrogens (tertiary/aromatic N) is 4. The third kappa shape index (κ3) is 5.05. The van der Waals surface area contributed by atoms with Crippen molar-refractivity contribution in [1.82, 2.24) is 15.5 Å². The minimum absolute atomic E-state index is 0.128. The van der Waals surface area contributed by atoms with Gasteiger partial charge in [-0.1, -0.05) is 40.9 Å². The smallest absolute Gasteiger partial charge is 0.273 e. The monoisotopic (exact) mass is 438 g/mol. The first kappa shape index (κ1) is 20.2. The molecule has 0 unspecified atom stereocenters. The van der Waals surface area contributed by atoms with E-state index in [9.17, 15) is 19.7 Å². The molecule has 0 aliphatic carbocycles. The first-order valence-corrected chi connectivity index (χ1v) is 10.7. The lowest BCUT2D eigenvalue weighted by Crippen LogP contribution is -2.28. The quantitative estimate of drug-likeness (QED) is 0.303. The number of nitrogens with one attached hydrogen (secondary N) is 2. The number of thioether (sulfide) groups is 2. The lowest BCUT2D eigenvalue weighted by atomic mass is 10.1. The van der Waals surface area contributed by atoms with E-state index in [0.29, 0.717) is 16.1 Å². The van der Waals surface area contributed by atoms with Crippen molar-refractivity contribution in [2.75, 3.05) is 23.4 Å². The molecule has 0 spiro atoms. The third-order valence-corrected chi connectivity index (χ3v) is 6.40. The summed E-state index contributed by atoms with van der Waals surface area (Å²) >= 11 is 3.81. The fourth-order valence-electron chi connectivity index (χ4n) is 2.24. The van der Waals surface area contributed by atoms with Gasteiger partial charge in [0.2, 0.25) is 11.0 Å². The van der Waals surface area contributed by atoms with Crippen molar-refractivity contribution in [3.63, 3.8) is 0 Å². The molecule has 1 aliphatic rings. The maximum atomic E-state index is 12.4. The van der Waals surface area contributed by atoms with Gasteiger partial charge in [0.1, 0.15) is 0 Å². The number of amides is 2. The molecule has 2 N–H and O–H groups in total. The number of aromatic nitrogens is 2. The Kier molecular flexibility index (Phi) is 6.59. The lowest BCUT2D eigenvalue weighted by molar-refractivity contribution is -0.385. The van der Waals surface area contributed by atoms with E-state index in [1.807, 2.05) is 0 Å². The van der Waals surface area contributed by atoms with Crippen LogP contribution in [0.2, 0.25) is 0 Å². The van der Waals surface area contributed by atoms with Crippen molar-refractivity contribution in [2.24, 2.45) is 4.99 Å². The highest BCUT2D eigenvalue weighted by Gasteiger charge is 2.19. The fraction of sp³-hybridized carbons (Fsp3) is 0.267. The zero-order valence-corrected chi connectivity index (χ0v) is 16.9. The minimum atomic E-state index is -0.535. The van der Waals surface area contributed by atoms with E-state index >= 15 is 0 Å². The van der Waals surface area contributed by atoms with Crippen LogP contribution in [0, 0.1) is 17.0 Å². The van der Waals surface area contributed by atoms with Crippen LogP contribution in [0.25, 0.3) is 0 Å². The maximum Gasteiger partial charge on any atom is 0.273 e. The molecule has 2 aromatic rings. The van der Waals surface area contributed by atoms with Gasteiger partial charge in [-0.3, -0.25) is 30.0 Å². The zero-order valence-electron chi connectivity index (χ0n) is 14.5. The van der Waals surface area contributed by atoms with Gasteiger partial charge in [-0.05, 0) is 13.0 Å². The van der Waals surface area contributed by atoms with Crippen molar-refractivity contribution in [3.05, 3.63) is 39.4 Å². The molecule has 0 saturated carbocycles. The standard InChI is InChI=1S/C15H14N6O4S3/c1-8-9(3-2-4-10(8)21(24)25)12(23)18-14-19-20-15(28-14)27-7-11(22)17-13-16-5-6-26-13/h2-4H,5-7H2,1H3,(H,16,17,22)(H,18,19,23). The molecular weight excluding hydrogens is 424 g/mol. The number of aliphatic imine (C=N–C) groups is 1. The van der Waals surface area contributed by atoms with Gasteiger partial charge in [0.15, 0.2) is 9.51 Å². The molecule has 0 saturated heterocycles. The summed E-state index contributed by atoms with van der Waals surface area (Å²) < 4.78 is 0.516. The Morgan fingerprint density at radius 1 is 1.32 bits per heavy atom. The van der Waals surface area contributed by atoms with Gasteiger partial charge < -0.3 is 5.32 Å². The van der Waals surface area contributed by atoms with Crippen molar-refractivity contribution in [2.45, 2.75) is 11.3 Å². The van der Waals surface area contributed by atoms with Gasteiger partial charge >= 0.3 is 0 Å². The molecule has 146 valence electrons. The second-order valence-electron chi connectivity index (χ2n) is 5.41. The second kappa shape index (κ2) is 9.12. The van der Waals surface area contributed by atoms with Gasteiger partial charge in [-0.2, -0.15) is 0 Å². The summed E-state index contributed by atoms with van der Waals surface area (Å²) in [6.07, 6.45) is 0. The van der Waals surface area contributed by atoms with Gasteiger partial charge in [-0.25, -0.2) is 0 Å². The van der Waals surface area contributed by atoms with Crippen LogP contribution in [-0.2, 0) is 4.79 Å². The largest absolute Gasteiger partial charge is 0.305 e. The summed E-state index contributed by atoms with van der Waals surface area (Å²) in [5.74, 6) is 0.312. The summed E-state index contributed by atoms with van der Waals surface area (Å²) in [6.45, 7) is 2.22. The number of nitro groups is 1. The average molecular weight is 439 g/mol. The molecule has 28 heavy (non-hydrogen) atoms. The second-order valence-corrected chi connectivity index (χ2v) is 8.69. The first-order valence-electron chi connectivity index (χ1n) is 7.93. The predicted molar refractivity (Wildman–Crippen MR) is 109 cm³/mol. The molecule has 13 heteroatoms. The Bertz CT molecular complexity index is 961. The zero-order chi connectivity index (χ0) is 20.1. The summed E-state index contributed by atoms with van der Waals surface area (Å²) in [5.41, 5.74) is 0.332. The molecular formula is C15H14N6O4S3. The van der Waals surface area contributed by atoms with E-state index in [-0.39, 0.29) is 33.6 Å². The number of carbonyl (C=O) groups is 2. The molecule has 1 aromatic heterocycles. The predicted octanol–water partition coefficient (Wildman–Crippen LogP) is 2.32. The highest BCUT2D eigenvalue weighted by molar-refractivity contribution is 8.14. The van der Waals surface area contributed by atoms with Crippen LogP contribution in [-0.4, -0.2) is 50.2 Å². The molecule has 0 bridgehead atoms. The summed E-state index contributed by atoms with van der Waals surface area (Å²) in [4.78, 5) is 38.9. The molecule has 2 heterocycles. The molecule has 3 rings (SSSR count). The van der Waals surface area contributed by atoms with E-state index in [4.69, 9.17) is 0 Å². The lowest BCUT2D eigenvalue weighted by Gasteiger charge is -2.05. The van der Waals surface area contributed by atoms with Crippen molar-refractivity contribution < 1.29 is 14.5 Å². The average Bonchev–Trinajstić information content (AvgIpc) is 3.32. The normalized spacial score (nSPS) is 13.1. The van der Waals surface area contributed by atoms with Gasteiger partial charge in [-0.15, -0.1) is 10.2 Å². The van der Waals surface area contributed by atoms with Crippen LogP contribution in [0.1, 0.15) is 15.9 Å². The number of hydrogen-bond donors (Lipinski definition) is 2. The number of amidine groups is 1. The number of hydrogen-bond acceptors (Lipinski definition) is 10. The van der Waals surface area contributed by atoms with Crippen molar-refractivity contribution in [1.29, 1.82) is 0 Å². The summed E-state index contributed by atoms with van der Waals surface area (Å²) in [5, 5.41) is 25.0. The number of carbonyl (C=O) groups excluding carboxylic acids is 2. The Labute approximate surface area is 171 Å².